The second-order valence-corrected chi connectivity index (χ2v) is 11.1. The molecule has 31 heavy (non-hydrogen) atoms. The Balaban J connectivity index is 1.82. The van der Waals surface area contributed by atoms with E-state index in [1.165, 1.54) is 6.26 Å². The van der Waals surface area contributed by atoms with E-state index in [0.29, 0.717) is 37.5 Å². The maximum absolute atomic E-state index is 13.0. The van der Waals surface area contributed by atoms with E-state index in [2.05, 4.69) is 20.9 Å². The van der Waals surface area contributed by atoms with Gasteiger partial charge in [0.15, 0.2) is 11.7 Å². The lowest BCUT2D eigenvalue weighted by atomic mass is 9.88. The zero-order valence-corrected chi connectivity index (χ0v) is 20.7. The number of fused-ring (bicyclic) bond motifs is 1. The molecule has 3 rings (SSSR count). The van der Waals surface area contributed by atoms with Crippen LogP contribution in [0.4, 0.5) is 4.79 Å². The summed E-state index contributed by atoms with van der Waals surface area (Å²) in [7, 11) is 0. The van der Waals surface area contributed by atoms with Gasteiger partial charge in [-0.2, -0.15) is 0 Å². The highest BCUT2D eigenvalue weighted by Crippen LogP contribution is 2.34. The summed E-state index contributed by atoms with van der Waals surface area (Å²) in [6.45, 7) is 12.5. The molecule has 0 aliphatic carbocycles. The summed E-state index contributed by atoms with van der Waals surface area (Å²) in [5.74, 6) is 0.485. The van der Waals surface area contributed by atoms with Gasteiger partial charge < -0.3 is 14.1 Å². The maximum atomic E-state index is 13.0. The smallest absolute Gasteiger partial charge is 0.410 e. The normalized spacial score (nSPS) is 17.1. The number of amides is 1. The number of aromatic nitrogens is 1. The van der Waals surface area contributed by atoms with Crippen molar-refractivity contribution in [3.8, 4) is 0 Å². The summed E-state index contributed by atoms with van der Waals surface area (Å²) in [4.78, 5) is 31.9. The molecule has 1 aromatic heterocycles. The second kappa shape index (κ2) is 8.77. The zero-order chi connectivity index (χ0) is 23.0. The van der Waals surface area contributed by atoms with E-state index in [4.69, 9.17) is 9.15 Å². The van der Waals surface area contributed by atoms with E-state index in [1.54, 1.807) is 4.90 Å². The van der Waals surface area contributed by atoms with Crippen molar-refractivity contribution in [2.24, 2.45) is 0 Å². The van der Waals surface area contributed by atoms with Gasteiger partial charge in [0.2, 0.25) is 0 Å². The van der Waals surface area contributed by atoms with Gasteiger partial charge in [-0.15, -0.1) is 0 Å². The number of hydrogen-bond acceptors (Lipinski definition) is 5. The third-order valence-corrected chi connectivity index (χ3v) is 5.66. The number of rotatable bonds is 3. The predicted molar refractivity (Wildman–Crippen MR) is 122 cm³/mol. The Kier molecular flexibility index (Phi) is 6.65. The minimum Gasteiger partial charge on any atom is -0.448 e. The summed E-state index contributed by atoms with van der Waals surface area (Å²) in [5, 5.41) is 0. The van der Waals surface area contributed by atoms with Gasteiger partial charge in [0.25, 0.3) is 0 Å². The highest BCUT2D eigenvalue weighted by molar-refractivity contribution is 9.10. The van der Waals surface area contributed by atoms with Crippen LogP contribution in [0, 0.1) is 0 Å². The lowest BCUT2D eigenvalue weighted by Gasteiger charge is -2.26. The fourth-order valence-electron chi connectivity index (χ4n) is 3.63. The molecule has 0 N–H and O–H groups in total. The van der Waals surface area contributed by atoms with Gasteiger partial charge in [-0.05, 0) is 56.4 Å². The Bertz CT molecular complexity index is 969. The van der Waals surface area contributed by atoms with Crippen molar-refractivity contribution in [1.29, 1.82) is 0 Å². The molecule has 1 aliphatic heterocycles. The Hall–Kier alpha value is -2.15. The lowest BCUT2D eigenvalue weighted by molar-refractivity contribution is 0.0235. The number of nitrogens with zero attached hydrogens (tertiary/aromatic N) is 2. The number of carbonyl (C=O) groups is 2. The fourth-order valence-corrected chi connectivity index (χ4v) is 4.04. The quantitative estimate of drug-likeness (QED) is 0.476. The zero-order valence-electron chi connectivity index (χ0n) is 19.1. The molecule has 6 nitrogen and oxygen atoms in total. The maximum Gasteiger partial charge on any atom is 0.410 e. The molecule has 0 unspecified atom stereocenters. The standard InChI is InChI=1S/C24H31BrN2O4/c1-23(2,3)21-26-19(14-30-21)20(28)12-15-9-10-27(22(29)31-24(4,5)6)13-16-11-17(25)7-8-18(15)16/h7-8,11,14-15H,9-10,12-13H2,1-6H3/t15-/m0/s1. The van der Waals surface area contributed by atoms with Crippen LogP contribution in [-0.2, 0) is 16.7 Å². The van der Waals surface area contributed by atoms with Gasteiger partial charge >= 0.3 is 6.09 Å². The number of halogens is 1. The molecule has 0 radical (unpaired) electrons. The summed E-state index contributed by atoms with van der Waals surface area (Å²) in [5.41, 5.74) is 1.65. The van der Waals surface area contributed by atoms with Crippen LogP contribution in [0.2, 0.25) is 0 Å². The van der Waals surface area contributed by atoms with Crippen LogP contribution >= 0.6 is 15.9 Å². The molecule has 0 saturated heterocycles. The number of hydrogen-bond donors (Lipinski definition) is 0. The Morgan fingerprint density at radius 1 is 1.23 bits per heavy atom. The van der Waals surface area contributed by atoms with Crippen molar-refractivity contribution in [3.63, 3.8) is 0 Å². The number of Topliss-reactive ketones (excluding diaryl/α,β-unsaturated/α-hetero) is 1. The van der Waals surface area contributed by atoms with Crippen molar-refractivity contribution in [1.82, 2.24) is 9.88 Å². The van der Waals surface area contributed by atoms with E-state index in [9.17, 15) is 9.59 Å². The van der Waals surface area contributed by atoms with Crippen LogP contribution in [0.3, 0.4) is 0 Å². The average Bonchev–Trinajstić information content (AvgIpc) is 3.07. The molecule has 1 aromatic carbocycles. The molecule has 0 spiro atoms. The summed E-state index contributed by atoms with van der Waals surface area (Å²) >= 11 is 3.53. The van der Waals surface area contributed by atoms with Crippen LogP contribution in [0.15, 0.2) is 33.4 Å². The van der Waals surface area contributed by atoms with E-state index >= 15 is 0 Å². The third-order valence-electron chi connectivity index (χ3n) is 5.17. The van der Waals surface area contributed by atoms with E-state index < -0.39 is 5.60 Å². The third kappa shape index (κ3) is 5.97. The topological polar surface area (TPSA) is 72.6 Å². The Morgan fingerprint density at radius 2 is 1.94 bits per heavy atom. The minimum atomic E-state index is -0.559. The van der Waals surface area contributed by atoms with Crippen LogP contribution in [0.25, 0.3) is 0 Å². The molecule has 1 atom stereocenters. The van der Waals surface area contributed by atoms with E-state index in [1.807, 2.05) is 59.7 Å². The van der Waals surface area contributed by atoms with Crippen LogP contribution in [-0.4, -0.2) is 33.9 Å². The van der Waals surface area contributed by atoms with E-state index in [-0.39, 0.29) is 23.2 Å². The van der Waals surface area contributed by atoms with Crippen molar-refractivity contribution in [2.75, 3.05) is 6.54 Å². The molecule has 1 aliphatic rings. The molecule has 0 fully saturated rings. The largest absolute Gasteiger partial charge is 0.448 e. The molecule has 1 amide bonds. The monoisotopic (exact) mass is 490 g/mol. The molecule has 0 saturated carbocycles. The number of carbonyl (C=O) groups excluding carboxylic acids is 2. The van der Waals surface area contributed by atoms with Gasteiger partial charge in [0.05, 0.1) is 0 Å². The van der Waals surface area contributed by atoms with Gasteiger partial charge in [-0.25, -0.2) is 9.78 Å². The van der Waals surface area contributed by atoms with Crippen molar-refractivity contribution in [2.45, 2.75) is 77.9 Å². The van der Waals surface area contributed by atoms with Crippen molar-refractivity contribution >= 4 is 27.8 Å². The average molecular weight is 491 g/mol. The SMILES string of the molecule is CC(C)(C)OC(=O)N1CC[C@@H](CC(=O)c2coc(C(C)(C)C)n2)c2ccc(Br)cc2C1. The van der Waals surface area contributed by atoms with E-state index in [0.717, 1.165) is 15.6 Å². The molecule has 168 valence electrons. The van der Waals surface area contributed by atoms with Gasteiger partial charge in [-0.3, -0.25) is 4.79 Å². The van der Waals surface area contributed by atoms with Crippen molar-refractivity contribution in [3.05, 3.63) is 51.6 Å². The van der Waals surface area contributed by atoms with Gasteiger partial charge in [0, 0.05) is 29.4 Å². The minimum absolute atomic E-state index is 0.0159. The fraction of sp³-hybridized carbons (Fsp3) is 0.542. The number of ketones is 1. The molecule has 2 heterocycles. The second-order valence-electron chi connectivity index (χ2n) is 10.1. The van der Waals surface area contributed by atoms with Crippen molar-refractivity contribution < 1.29 is 18.7 Å². The highest BCUT2D eigenvalue weighted by atomic mass is 79.9. The number of oxazole rings is 1. The molecule has 2 aromatic rings. The summed E-state index contributed by atoms with van der Waals surface area (Å²) in [6.07, 6.45) is 2.10. The Morgan fingerprint density at radius 3 is 2.55 bits per heavy atom. The number of benzene rings is 1. The van der Waals surface area contributed by atoms with Gasteiger partial charge in [0.1, 0.15) is 17.6 Å². The molecular formula is C24H31BrN2O4. The molecular weight excluding hydrogens is 460 g/mol. The highest BCUT2D eigenvalue weighted by Gasteiger charge is 2.30. The van der Waals surface area contributed by atoms with Crippen LogP contribution in [0.1, 0.15) is 87.8 Å². The number of ether oxygens (including phenoxy) is 1. The first-order valence-electron chi connectivity index (χ1n) is 10.6. The molecule has 7 heteroatoms. The first kappa shape index (κ1) is 23.5. The van der Waals surface area contributed by atoms with Crippen LogP contribution in [0.5, 0.6) is 0 Å². The summed E-state index contributed by atoms with van der Waals surface area (Å²) < 4.78 is 12.1. The Labute approximate surface area is 192 Å². The molecule has 0 bridgehead atoms. The first-order valence-corrected chi connectivity index (χ1v) is 11.4. The van der Waals surface area contributed by atoms with Gasteiger partial charge in [-0.1, -0.05) is 42.8 Å². The van der Waals surface area contributed by atoms with Crippen LogP contribution < -0.4 is 0 Å². The lowest BCUT2D eigenvalue weighted by Crippen LogP contribution is -2.36. The first-order chi connectivity index (χ1) is 14.3. The summed E-state index contributed by atoms with van der Waals surface area (Å²) in [6, 6.07) is 6.04. The predicted octanol–water partition coefficient (Wildman–Crippen LogP) is 6.23.